The minimum absolute atomic E-state index is 0.102. The van der Waals surface area contributed by atoms with Crippen LogP contribution in [0.2, 0.25) is 0 Å². The minimum atomic E-state index is -3.28. The Labute approximate surface area is 182 Å². The summed E-state index contributed by atoms with van der Waals surface area (Å²) in [6, 6.07) is 15.5. The quantitative estimate of drug-likeness (QED) is 0.657. The number of fused-ring (bicyclic) bond motifs is 2. The molecule has 2 aromatic carbocycles. The van der Waals surface area contributed by atoms with Crippen molar-refractivity contribution in [3.05, 3.63) is 77.4 Å². The van der Waals surface area contributed by atoms with E-state index in [4.69, 9.17) is 10.2 Å². The van der Waals surface area contributed by atoms with Crippen LogP contribution in [0.1, 0.15) is 35.4 Å². The molecule has 1 aliphatic heterocycles. The van der Waals surface area contributed by atoms with E-state index in [0.717, 1.165) is 30.5 Å². The number of carboxylic acids is 2. The summed E-state index contributed by atoms with van der Waals surface area (Å²) in [7, 11) is 0.861. The van der Waals surface area contributed by atoms with E-state index >= 15 is 0 Å². The molecule has 1 unspecified atom stereocenters. The molecule has 0 spiro atoms. The lowest BCUT2D eigenvalue weighted by atomic mass is 9.85. The first-order chi connectivity index (χ1) is 14.6. The van der Waals surface area contributed by atoms with Gasteiger partial charge in [0.15, 0.2) is 9.84 Å². The first-order valence-corrected chi connectivity index (χ1v) is 11.4. The summed E-state index contributed by atoms with van der Waals surface area (Å²) in [6.07, 6.45) is 3.12. The Morgan fingerprint density at radius 2 is 1.52 bits per heavy atom. The topological polar surface area (TPSA) is 112 Å². The van der Waals surface area contributed by atoms with E-state index in [9.17, 15) is 18.0 Å². The molecule has 166 valence electrons. The highest BCUT2D eigenvalue weighted by molar-refractivity contribution is 7.90. The highest BCUT2D eigenvalue weighted by atomic mass is 32.2. The molecule has 0 aromatic heterocycles. The number of rotatable bonds is 6. The molecule has 0 radical (unpaired) electrons. The lowest BCUT2D eigenvalue weighted by molar-refractivity contribution is -0.134. The van der Waals surface area contributed by atoms with Crippen LogP contribution >= 0.6 is 0 Å². The Bertz CT molecular complexity index is 1040. The maximum Gasteiger partial charge on any atom is 0.328 e. The van der Waals surface area contributed by atoms with Gasteiger partial charge in [0.2, 0.25) is 0 Å². The Morgan fingerprint density at radius 3 is 2.10 bits per heavy atom. The molecule has 0 amide bonds. The number of nitrogens with zero attached hydrogens (tertiary/aromatic N) is 1. The van der Waals surface area contributed by atoms with Crippen LogP contribution in [0.5, 0.6) is 0 Å². The summed E-state index contributed by atoms with van der Waals surface area (Å²) in [4.78, 5) is 21.8. The van der Waals surface area contributed by atoms with Gasteiger partial charge in [0.05, 0.1) is 10.6 Å². The van der Waals surface area contributed by atoms with Crippen LogP contribution < -0.4 is 0 Å². The second-order valence-corrected chi connectivity index (χ2v) is 9.46. The molecule has 2 aromatic rings. The van der Waals surface area contributed by atoms with Crippen molar-refractivity contribution >= 4 is 21.8 Å². The molecule has 7 nitrogen and oxygen atoms in total. The van der Waals surface area contributed by atoms with Crippen molar-refractivity contribution in [2.24, 2.45) is 0 Å². The number of carbonyl (C=O) groups is 2. The smallest absolute Gasteiger partial charge is 0.328 e. The van der Waals surface area contributed by atoms with Crippen LogP contribution in [0.25, 0.3) is 0 Å². The number of sulfone groups is 1. The average molecular weight is 446 g/mol. The largest absolute Gasteiger partial charge is 0.478 e. The molecule has 1 atom stereocenters. The second kappa shape index (κ2) is 10.9. The molecule has 1 aliphatic rings. The fourth-order valence-electron chi connectivity index (χ4n) is 3.57. The van der Waals surface area contributed by atoms with E-state index in [1.807, 2.05) is 36.4 Å². The highest BCUT2D eigenvalue weighted by Crippen LogP contribution is 2.39. The number of hydrogen-bond acceptors (Lipinski definition) is 5. The van der Waals surface area contributed by atoms with Gasteiger partial charge >= 0.3 is 11.9 Å². The van der Waals surface area contributed by atoms with Gasteiger partial charge in [-0.05, 0) is 56.2 Å². The fraction of sp³-hybridized carbons (Fsp3) is 0.304. The number of hydrogen-bond donors (Lipinski definition) is 2. The number of aliphatic carboxylic acids is 2. The monoisotopic (exact) mass is 445 g/mol. The fourth-order valence-corrected chi connectivity index (χ4v) is 5.26. The summed E-state index contributed by atoms with van der Waals surface area (Å²) < 4.78 is 25.6. The lowest BCUT2D eigenvalue weighted by Crippen LogP contribution is -2.14. The van der Waals surface area contributed by atoms with Crippen molar-refractivity contribution in [1.82, 2.24) is 4.90 Å². The van der Waals surface area contributed by atoms with E-state index in [1.54, 1.807) is 6.07 Å². The van der Waals surface area contributed by atoms with Crippen molar-refractivity contribution in [2.75, 3.05) is 20.6 Å². The molecular weight excluding hydrogens is 418 g/mol. The van der Waals surface area contributed by atoms with Crippen molar-refractivity contribution in [2.45, 2.75) is 29.4 Å². The minimum Gasteiger partial charge on any atom is -0.478 e. The SMILES string of the molecule is CN(C)CCCC1c2ccccc2CS(=O)(=O)c2ccccc21.O=C(O)/C=C/C(=O)O. The number of carboxylic acid groups (broad SMARTS) is 2. The summed E-state index contributed by atoms with van der Waals surface area (Å²) in [6.45, 7) is 1.01. The second-order valence-electron chi connectivity index (χ2n) is 7.50. The molecule has 2 N–H and O–H groups in total. The zero-order valence-corrected chi connectivity index (χ0v) is 18.4. The summed E-state index contributed by atoms with van der Waals surface area (Å²) in [5, 5.41) is 15.6. The Morgan fingerprint density at radius 1 is 0.968 bits per heavy atom. The van der Waals surface area contributed by atoms with Crippen molar-refractivity contribution in [3.63, 3.8) is 0 Å². The zero-order valence-electron chi connectivity index (χ0n) is 17.6. The molecule has 1 heterocycles. The van der Waals surface area contributed by atoms with Gasteiger partial charge in [-0.1, -0.05) is 42.5 Å². The van der Waals surface area contributed by atoms with Gasteiger partial charge in [-0.15, -0.1) is 0 Å². The third kappa shape index (κ3) is 7.04. The predicted molar refractivity (Wildman–Crippen MR) is 118 cm³/mol. The molecule has 8 heteroatoms. The van der Waals surface area contributed by atoms with E-state index in [2.05, 4.69) is 25.1 Å². The molecule has 0 saturated heterocycles. The van der Waals surface area contributed by atoms with Crippen LogP contribution in [0.15, 0.2) is 65.6 Å². The first kappa shape index (κ1) is 24.3. The zero-order chi connectivity index (χ0) is 23.0. The van der Waals surface area contributed by atoms with Gasteiger partial charge in [-0.2, -0.15) is 0 Å². The maximum atomic E-state index is 12.8. The van der Waals surface area contributed by atoms with Crippen molar-refractivity contribution in [1.29, 1.82) is 0 Å². The Hall–Kier alpha value is -2.97. The van der Waals surface area contributed by atoms with Gasteiger partial charge < -0.3 is 15.1 Å². The third-order valence-electron chi connectivity index (χ3n) is 4.87. The molecule has 0 bridgehead atoms. The van der Waals surface area contributed by atoms with Crippen LogP contribution in [-0.2, 0) is 25.2 Å². The van der Waals surface area contributed by atoms with Crippen LogP contribution in [0, 0.1) is 0 Å². The standard InChI is InChI=1S/C19H23NO2S.C4H4O4/c1-20(2)13-7-11-17-16-9-4-3-8-15(16)14-23(21,22)19-12-6-5-10-18(17)19;5-3(6)1-2-4(7)8/h3-6,8-10,12,17H,7,11,13-14H2,1-2H3;1-2H,(H,5,6)(H,7,8)/b;2-1+. The van der Waals surface area contributed by atoms with Crippen molar-refractivity contribution in [3.8, 4) is 0 Å². The van der Waals surface area contributed by atoms with Crippen molar-refractivity contribution < 1.29 is 28.2 Å². The first-order valence-electron chi connectivity index (χ1n) is 9.80. The molecule has 0 aliphatic carbocycles. The Kier molecular flexibility index (Phi) is 8.53. The molecular formula is C23H27NO6S. The van der Waals surface area contributed by atoms with E-state index in [-0.39, 0.29) is 11.7 Å². The normalized spacial score (nSPS) is 16.5. The van der Waals surface area contributed by atoms with Gasteiger partial charge in [-0.25, -0.2) is 18.0 Å². The molecule has 3 rings (SSSR count). The van der Waals surface area contributed by atoms with E-state index in [1.165, 1.54) is 5.56 Å². The molecule has 0 saturated carbocycles. The van der Waals surface area contributed by atoms with Crippen LogP contribution in [-0.4, -0.2) is 56.1 Å². The van der Waals surface area contributed by atoms with Gasteiger partial charge in [0.25, 0.3) is 0 Å². The average Bonchev–Trinajstić information content (AvgIpc) is 2.79. The van der Waals surface area contributed by atoms with Gasteiger partial charge in [0, 0.05) is 18.1 Å². The highest BCUT2D eigenvalue weighted by Gasteiger charge is 2.30. The summed E-state index contributed by atoms with van der Waals surface area (Å²) in [5.41, 5.74) is 3.06. The summed E-state index contributed by atoms with van der Waals surface area (Å²) >= 11 is 0. The van der Waals surface area contributed by atoms with Gasteiger partial charge in [-0.3, -0.25) is 0 Å². The number of benzene rings is 2. The summed E-state index contributed by atoms with van der Waals surface area (Å²) in [5.74, 6) is -2.26. The predicted octanol–water partition coefficient (Wildman–Crippen LogP) is 3.16. The van der Waals surface area contributed by atoms with Gasteiger partial charge in [0.1, 0.15) is 0 Å². The molecule has 0 fully saturated rings. The van der Waals surface area contributed by atoms with E-state index < -0.39 is 21.8 Å². The van der Waals surface area contributed by atoms with Crippen LogP contribution in [0.3, 0.4) is 0 Å². The third-order valence-corrected chi connectivity index (χ3v) is 6.61. The van der Waals surface area contributed by atoms with Crippen LogP contribution in [0.4, 0.5) is 0 Å². The van der Waals surface area contributed by atoms with E-state index in [0.29, 0.717) is 17.0 Å². The lowest BCUT2D eigenvalue weighted by Gasteiger charge is -2.20. The molecule has 31 heavy (non-hydrogen) atoms. The Balaban J connectivity index is 0.000000366. The maximum absolute atomic E-state index is 12.8.